The monoisotopic (exact) mass is 255 g/mol. The quantitative estimate of drug-likeness (QED) is 0.773. The number of benzene rings is 1. The van der Waals surface area contributed by atoms with Gasteiger partial charge in [-0.1, -0.05) is 6.07 Å². The van der Waals surface area contributed by atoms with Crippen LogP contribution in [0.25, 0.3) is 0 Å². The van der Waals surface area contributed by atoms with Crippen LogP contribution in [-0.4, -0.2) is 36.2 Å². The van der Waals surface area contributed by atoms with Crippen molar-refractivity contribution in [3.63, 3.8) is 0 Å². The van der Waals surface area contributed by atoms with Gasteiger partial charge in [0.25, 0.3) is 0 Å². The molecule has 3 rings (SSSR count). The predicted octanol–water partition coefficient (Wildman–Crippen LogP) is 2.38. The van der Waals surface area contributed by atoms with E-state index in [2.05, 4.69) is 11.9 Å². The Bertz CT molecular complexity index is 410. The van der Waals surface area contributed by atoms with Crippen LogP contribution >= 0.6 is 12.4 Å². The molecule has 0 bridgehead atoms. The van der Waals surface area contributed by atoms with E-state index >= 15 is 0 Å². The minimum Gasteiger partial charge on any atom is -0.508 e. The van der Waals surface area contributed by atoms with Crippen LogP contribution < -0.4 is 4.74 Å². The lowest BCUT2D eigenvalue weighted by Gasteiger charge is -2.42. The molecule has 1 N–H and O–H groups in total. The molecule has 2 aliphatic heterocycles. The molecule has 0 aromatic heterocycles. The molecule has 1 saturated heterocycles. The molecule has 0 radical (unpaired) electrons. The van der Waals surface area contributed by atoms with Crippen LogP contribution in [0, 0.1) is 0 Å². The number of likely N-dealkylation sites (tertiary alicyclic amines) is 1. The Morgan fingerprint density at radius 2 is 2.24 bits per heavy atom. The van der Waals surface area contributed by atoms with Crippen molar-refractivity contribution < 1.29 is 9.84 Å². The van der Waals surface area contributed by atoms with E-state index in [9.17, 15) is 5.11 Å². The van der Waals surface area contributed by atoms with Crippen molar-refractivity contribution in [2.45, 2.75) is 24.8 Å². The van der Waals surface area contributed by atoms with Crippen LogP contribution in [0.3, 0.4) is 0 Å². The molecule has 0 saturated carbocycles. The standard InChI is InChI=1S/C13H17NO2.ClH/c1-14-7-3-4-9-10(14)8-16-12-6-2-5-11(15)13(9)12;/h2,5-6,9-10,15H,3-4,7-8H2,1H3;1H/t9-,10+;/m1./s1. The van der Waals surface area contributed by atoms with E-state index < -0.39 is 0 Å². The summed E-state index contributed by atoms with van der Waals surface area (Å²) in [5.41, 5.74) is 1.02. The van der Waals surface area contributed by atoms with Gasteiger partial charge in [-0.2, -0.15) is 0 Å². The Labute approximate surface area is 108 Å². The van der Waals surface area contributed by atoms with E-state index in [0.717, 1.165) is 30.9 Å². The largest absolute Gasteiger partial charge is 0.508 e. The van der Waals surface area contributed by atoms with Crippen LogP contribution in [0.2, 0.25) is 0 Å². The maximum Gasteiger partial charge on any atom is 0.126 e. The zero-order valence-electron chi connectivity index (χ0n) is 9.93. The fourth-order valence-electron chi connectivity index (χ4n) is 3.01. The fourth-order valence-corrected chi connectivity index (χ4v) is 3.01. The minimum absolute atomic E-state index is 0. The molecule has 1 aromatic rings. The Kier molecular flexibility index (Phi) is 3.50. The number of fused-ring (bicyclic) bond motifs is 3. The van der Waals surface area contributed by atoms with Gasteiger partial charge in [0.15, 0.2) is 0 Å². The predicted molar refractivity (Wildman–Crippen MR) is 69.2 cm³/mol. The molecule has 2 aliphatic rings. The van der Waals surface area contributed by atoms with Crippen molar-refractivity contribution >= 4 is 12.4 Å². The van der Waals surface area contributed by atoms with Crippen LogP contribution in [-0.2, 0) is 0 Å². The van der Waals surface area contributed by atoms with Gasteiger partial charge in [-0.25, -0.2) is 0 Å². The first-order chi connectivity index (χ1) is 7.77. The molecule has 2 heterocycles. The number of nitrogens with zero attached hydrogens (tertiary/aromatic N) is 1. The lowest BCUT2D eigenvalue weighted by atomic mass is 9.81. The smallest absolute Gasteiger partial charge is 0.126 e. The molecule has 4 heteroatoms. The zero-order chi connectivity index (χ0) is 11.1. The highest BCUT2D eigenvalue weighted by Crippen LogP contribution is 2.44. The van der Waals surface area contributed by atoms with Crippen LogP contribution in [0.15, 0.2) is 18.2 Å². The molecule has 0 aliphatic carbocycles. The van der Waals surface area contributed by atoms with E-state index in [4.69, 9.17) is 4.74 Å². The number of phenols is 1. The molecule has 0 spiro atoms. The van der Waals surface area contributed by atoms with E-state index in [1.165, 1.54) is 6.42 Å². The van der Waals surface area contributed by atoms with Gasteiger partial charge in [0.05, 0.1) is 6.04 Å². The third-order valence-electron chi connectivity index (χ3n) is 3.88. The third-order valence-corrected chi connectivity index (χ3v) is 3.88. The number of phenolic OH excluding ortho intramolecular Hbond substituents is 1. The van der Waals surface area contributed by atoms with E-state index in [0.29, 0.717) is 17.7 Å². The van der Waals surface area contributed by atoms with Gasteiger partial charge in [0.2, 0.25) is 0 Å². The summed E-state index contributed by atoms with van der Waals surface area (Å²) in [7, 11) is 2.14. The van der Waals surface area contributed by atoms with Gasteiger partial charge in [-0.15, -0.1) is 12.4 Å². The van der Waals surface area contributed by atoms with Gasteiger partial charge >= 0.3 is 0 Å². The Morgan fingerprint density at radius 3 is 3.06 bits per heavy atom. The van der Waals surface area contributed by atoms with Crippen molar-refractivity contribution in [3.05, 3.63) is 23.8 Å². The highest BCUT2D eigenvalue weighted by Gasteiger charge is 2.37. The normalized spacial score (nSPS) is 27.4. The average Bonchev–Trinajstić information content (AvgIpc) is 2.29. The number of likely N-dealkylation sites (N-methyl/N-ethyl adjacent to an activating group) is 1. The molecule has 1 fully saturated rings. The fraction of sp³-hybridized carbons (Fsp3) is 0.538. The third kappa shape index (κ3) is 1.98. The second-order valence-corrected chi connectivity index (χ2v) is 4.80. The zero-order valence-corrected chi connectivity index (χ0v) is 10.7. The highest BCUT2D eigenvalue weighted by atomic mass is 35.5. The summed E-state index contributed by atoms with van der Waals surface area (Å²) in [4.78, 5) is 2.35. The molecule has 0 unspecified atom stereocenters. The number of hydrogen-bond acceptors (Lipinski definition) is 3. The van der Waals surface area contributed by atoms with Gasteiger partial charge in [-0.05, 0) is 38.6 Å². The number of hydrogen-bond donors (Lipinski definition) is 1. The van der Waals surface area contributed by atoms with Crippen LogP contribution in [0.4, 0.5) is 0 Å². The second-order valence-electron chi connectivity index (χ2n) is 4.80. The van der Waals surface area contributed by atoms with Crippen LogP contribution in [0.5, 0.6) is 11.5 Å². The molecule has 2 atom stereocenters. The van der Waals surface area contributed by atoms with Crippen molar-refractivity contribution in [1.29, 1.82) is 0 Å². The van der Waals surface area contributed by atoms with Crippen molar-refractivity contribution in [2.75, 3.05) is 20.2 Å². The minimum atomic E-state index is 0. The Hall–Kier alpha value is -0.930. The van der Waals surface area contributed by atoms with Crippen molar-refractivity contribution in [3.8, 4) is 11.5 Å². The lowest BCUT2D eigenvalue weighted by Crippen LogP contribution is -2.47. The van der Waals surface area contributed by atoms with Gasteiger partial charge in [-0.3, -0.25) is 4.90 Å². The Balaban J connectivity index is 0.00000108. The maximum absolute atomic E-state index is 9.98. The van der Waals surface area contributed by atoms with E-state index in [1.54, 1.807) is 6.07 Å². The highest BCUT2D eigenvalue weighted by molar-refractivity contribution is 5.85. The average molecular weight is 256 g/mol. The molecule has 17 heavy (non-hydrogen) atoms. The number of piperidine rings is 1. The summed E-state index contributed by atoms with van der Waals surface area (Å²) in [6.07, 6.45) is 2.36. The van der Waals surface area contributed by atoms with Crippen molar-refractivity contribution in [2.24, 2.45) is 0 Å². The van der Waals surface area contributed by atoms with E-state index in [-0.39, 0.29) is 12.4 Å². The molecule has 0 amide bonds. The van der Waals surface area contributed by atoms with Gasteiger partial charge < -0.3 is 9.84 Å². The second kappa shape index (κ2) is 4.75. The first kappa shape index (κ1) is 12.5. The molecular formula is C13H18ClNO2. The van der Waals surface area contributed by atoms with Gasteiger partial charge in [0, 0.05) is 11.5 Å². The number of halogens is 1. The first-order valence-corrected chi connectivity index (χ1v) is 5.92. The summed E-state index contributed by atoms with van der Waals surface area (Å²) in [5, 5.41) is 9.98. The summed E-state index contributed by atoms with van der Waals surface area (Å²) in [6.45, 7) is 1.88. The molecule has 1 aromatic carbocycles. The first-order valence-electron chi connectivity index (χ1n) is 5.92. The number of ether oxygens (including phenoxy) is 1. The van der Waals surface area contributed by atoms with E-state index in [1.807, 2.05) is 12.1 Å². The van der Waals surface area contributed by atoms with Gasteiger partial charge in [0.1, 0.15) is 18.1 Å². The SMILES string of the molecule is CN1CCC[C@H]2c3c(O)cccc3OC[C@@H]21.Cl. The summed E-state index contributed by atoms with van der Waals surface area (Å²) < 4.78 is 5.74. The van der Waals surface area contributed by atoms with Crippen LogP contribution in [0.1, 0.15) is 24.3 Å². The molecular weight excluding hydrogens is 238 g/mol. The summed E-state index contributed by atoms with van der Waals surface area (Å²) >= 11 is 0. The topological polar surface area (TPSA) is 32.7 Å². The Morgan fingerprint density at radius 1 is 1.41 bits per heavy atom. The maximum atomic E-state index is 9.98. The molecule has 3 nitrogen and oxygen atoms in total. The lowest BCUT2D eigenvalue weighted by molar-refractivity contribution is 0.0853. The number of aromatic hydroxyl groups is 1. The summed E-state index contributed by atoms with van der Waals surface area (Å²) in [6, 6.07) is 6.00. The van der Waals surface area contributed by atoms with Crippen molar-refractivity contribution in [1.82, 2.24) is 4.90 Å². The molecule has 94 valence electrons. The number of rotatable bonds is 0. The summed E-state index contributed by atoms with van der Waals surface area (Å²) in [5.74, 6) is 1.70.